The van der Waals surface area contributed by atoms with Gasteiger partial charge in [-0.05, 0) is 19.3 Å². The van der Waals surface area contributed by atoms with Crippen LogP contribution in [-0.4, -0.2) is 31.2 Å². The molecule has 5 heteroatoms. The van der Waals surface area contributed by atoms with Crippen molar-refractivity contribution in [2.24, 2.45) is 7.05 Å². The molecule has 13 heavy (non-hydrogen) atoms. The molecule has 2 rings (SSSR count). The van der Waals surface area contributed by atoms with Gasteiger partial charge in [0.1, 0.15) is 6.33 Å². The summed E-state index contributed by atoms with van der Waals surface area (Å²) in [6, 6.07) is 0. The molecule has 2 atom stereocenters. The summed E-state index contributed by atoms with van der Waals surface area (Å²) < 4.78 is 1.88. The number of thioether (sulfide) groups is 1. The Kier molecular flexibility index (Phi) is 2.55. The van der Waals surface area contributed by atoms with Crippen molar-refractivity contribution in [2.45, 2.75) is 35.8 Å². The predicted octanol–water partition coefficient (Wildman–Crippen LogP) is 0.821. The number of aliphatic hydroxyl groups is 1. The molecule has 0 amide bonds. The third-order valence-corrected chi connectivity index (χ3v) is 3.78. The fourth-order valence-corrected chi connectivity index (χ4v) is 2.71. The summed E-state index contributed by atoms with van der Waals surface area (Å²) in [5.74, 6) is 0. The third kappa shape index (κ3) is 1.86. The molecule has 2 unspecified atom stereocenters. The highest BCUT2D eigenvalue weighted by molar-refractivity contribution is 7.99. The molecule has 1 aliphatic carbocycles. The second kappa shape index (κ2) is 3.67. The lowest BCUT2D eigenvalue weighted by Crippen LogP contribution is -2.15. The summed E-state index contributed by atoms with van der Waals surface area (Å²) in [5.41, 5.74) is 0. The molecule has 1 aromatic rings. The summed E-state index contributed by atoms with van der Waals surface area (Å²) in [5, 5.41) is 18.6. The van der Waals surface area contributed by atoms with E-state index in [2.05, 4.69) is 10.2 Å². The molecular formula is C8H13N3OS. The SMILES string of the molecule is Cn1cnnc1SC1CCCC1O. The van der Waals surface area contributed by atoms with E-state index in [9.17, 15) is 5.11 Å². The van der Waals surface area contributed by atoms with Crippen LogP contribution in [0, 0.1) is 0 Å². The van der Waals surface area contributed by atoms with Crippen LogP contribution in [0.3, 0.4) is 0 Å². The zero-order valence-corrected chi connectivity index (χ0v) is 8.37. The standard InChI is InChI=1S/C8H13N3OS/c1-11-5-9-10-8(11)13-7-4-2-3-6(7)12/h5-7,12H,2-4H2,1H3. The number of aromatic nitrogens is 3. The van der Waals surface area contributed by atoms with Crippen LogP contribution in [-0.2, 0) is 7.05 Å². The molecule has 0 aliphatic heterocycles. The van der Waals surface area contributed by atoms with Crippen LogP contribution in [0.15, 0.2) is 11.5 Å². The van der Waals surface area contributed by atoms with Gasteiger partial charge >= 0.3 is 0 Å². The van der Waals surface area contributed by atoms with E-state index in [1.807, 2.05) is 11.6 Å². The van der Waals surface area contributed by atoms with E-state index in [0.717, 1.165) is 24.4 Å². The molecule has 0 saturated heterocycles. The summed E-state index contributed by atoms with van der Waals surface area (Å²) in [4.78, 5) is 0. The quantitative estimate of drug-likeness (QED) is 0.766. The first-order valence-electron chi connectivity index (χ1n) is 4.46. The highest BCUT2D eigenvalue weighted by atomic mass is 32.2. The highest BCUT2D eigenvalue weighted by Gasteiger charge is 2.27. The molecule has 1 saturated carbocycles. The van der Waals surface area contributed by atoms with Crippen molar-refractivity contribution in [2.75, 3.05) is 0 Å². The molecule has 1 fully saturated rings. The van der Waals surface area contributed by atoms with Crippen LogP contribution >= 0.6 is 11.8 Å². The molecule has 0 bridgehead atoms. The molecule has 0 aromatic carbocycles. The van der Waals surface area contributed by atoms with Gasteiger partial charge in [-0.25, -0.2) is 0 Å². The van der Waals surface area contributed by atoms with Gasteiger partial charge in [0.25, 0.3) is 0 Å². The maximum Gasteiger partial charge on any atom is 0.191 e. The first-order valence-corrected chi connectivity index (χ1v) is 5.34. The molecule has 1 heterocycles. The van der Waals surface area contributed by atoms with Crippen LogP contribution < -0.4 is 0 Å². The summed E-state index contributed by atoms with van der Waals surface area (Å²) >= 11 is 1.63. The molecular weight excluding hydrogens is 186 g/mol. The van der Waals surface area contributed by atoms with E-state index in [1.54, 1.807) is 18.1 Å². The first-order chi connectivity index (χ1) is 6.27. The van der Waals surface area contributed by atoms with Gasteiger partial charge in [-0.1, -0.05) is 11.8 Å². The summed E-state index contributed by atoms with van der Waals surface area (Å²) in [6.45, 7) is 0. The van der Waals surface area contributed by atoms with Gasteiger partial charge in [0.15, 0.2) is 5.16 Å². The summed E-state index contributed by atoms with van der Waals surface area (Å²) in [7, 11) is 1.92. The van der Waals surface area contributed by atoms with Crippen molar-refractivity contribution in [1.29, 1.82) is 0 Å². The number of nitrogens with zero attached hydrogens (tertiary/aromatic N) is 3. The van der Waals surface area contributed by atoms with Gasteiger partial charge in [0.2, 0.25) is 0 Å². The van der Waals surface area contributed by atoms with Crippen molar-refractivity contribution in [3.05, 3.63) is 6.33 Å². The lowest BCUT2D eigenvalue weighted by atomic mass is 10.3. The Hall–Kier alpha value is -0.550. The summed E-state index contributed by atoms with van der Waals surface area (Å²) in [6.07, 6.45) is 4.65. The van der Waals surface area contributed by atoms with Crippen molar-refractivity contribution < 1.29 is 5.11 Å². The lowest BCUT2D eigenvalue weighted by molar-refractivity contribution is 0.188. The monoisotopic (exact) mass is 199 g/mol. The molecule has 4 nitrogen and oxygen atoms in total. The molecule has 0 spiro atoms. The average molecular weight is 199 g/mol. The fraction of sp³-hybridized carbons (Fsp3) is 0.750. The maximum atomic E-state index is 9.60. The van der Waals surface area contributed by atoms with Crippen LogP contribution in [0.1, 0.15) is 19.3 Å². The van der Waals surface area contributed by atoms with Crippen molar-refractivity contribution >= 4 is 11.8 Å². The second-order valence-corrected chi connectivity index (χ2v) is 4.59. The number of hydrogen-bond donors (Lipinski definition) is 1. The van der Waals surface area contributed by atoms with Gasteiger partial charge in [-0.3, -0.25) is 0 Å². The van der Waals surface area contributed by atoms with E-state index in [0.29, 0.717) is 5.25 Å². The van der Waals surface area contributed by atoms with Gasteiger partial charge in [0, 0.05) is 12.3 Å². The number of rotatable bonds is 2. The molecule has 0 radical (unpaired) electrons. The lowest BCUT2D eigenvalue weighted by Gasteiger charge is -2.12. The minimum atomic E-state index is -0.165. The Morgan fingerprint density at radius 1 is 1.62 bits per heavy atom. The van der Waals surface area contributed by atoms with E-state index in [-0.39, 0.29) is 6.10 Å². The Labute approximate surface area is 81.4 Å². The second-order valence-electron chi connectivity index (χ2n) is 3.38. The average Bonchev–Trinajstić information content (AvgIpc) is 2.65. The molecule has 1 aromatic heterocycles. The third-order valence-electron chi connectivity index (χ3n) is 2.34. The normalized spacial score (nSPS) is 28.2. The van der Waals surface area contributed by atoms with E-state index < -0.39 is 0 Å². The van der Waals surface area contributed by atoms with Gasteiger partial charge in [-0.2, -0.15) is 0 Å². The van der Waals surface area contributed by atoms with Crippen LogP contribution in [0.25, 0.3) is 0 Å². The molecule has 1 aliphatic rings. The van der Waals surface area contributed by atoms with E-state index in [1.165, 1.54) is 0 Å². The number of aryl methyl sites for hydroxylation is 1. The Balaban J connectivity index is 2.01. The van der Waals surface area contributed by atoms with Crippen LogP contribution in [0.2, 0.25) is 0 Å². The van der Waals surface area contributed by atoms with Crippen molar-refractivity contribution in [1.82, 2.24) is 14.8 Å². The molecule has 1 N–H and O–H groups in total. The van der Waals surface area contributed by atoms with Gasteiger partial charge in [0.05, 0.1) is 6.10 Å². The predicted molar refractivity (Wildman–Crippen MR) is 50.5 cm³/mol. The minimum absolute atomic E-state index is 0.165. The Morgan fingerprint density at radius 2 is 2.46 bits per heavy atom. The van der Waals surface area contributed by atoms with E-state index >= 15 is 0 Å². The maximum absolute atomic E-state index is 9.60. The van der Waals surface area contributed by atoms with Crippen LogP contribution in [0.5, 0.6) is 0 Å². The Bertz CT molecular complexity index is 289. The van der Waals surface area contributed by atoms with Crippen molar-refractivity contribution in [3.63, 3.8) is 0 Å². The van der Waals surface area contributed by atoms with E-state index in [4.69, 9.17) is 0 Å². The zero-order chi connectivity index (χ0) is 9.26. The van der Waals surface area contributed by atoms with Gasteiger partial charge in [-0.15, -0.1) is 10.2 Å². The largest absolute Gasteiger partial charge is 0.392 e. The minimum Gasteiger partial charge on any atom is -0.392 e. The number of aliphatic hydroxyl groups excluding tert-OH is 1. The molecule has 72 valence electrons. The van der Waals surface area contributed by atoms with Crippen molar-refractivity contribution in [3.8, 4) is 0 Å². The zero-order valence-electron chi connectivity index (χ0n) is 7.55. The Morgan fingerprint density at radius 3 is 3.00 bits per heavy atom. The topological polar surface area (TPSA) is 50.9 Å². The highest BCUT2D eigenvalue weighted by Crippen LogP contribution is 2.33. The smallest absolute Gasteiger partial charge is 0.191 e. The fourth-order valence-electron chi connectivity index (χ4n) is 1.56. The van der Waals surface area contributed by atoms with Crippen LogP contribution in [0.4, 0.5) is 0 Å². The number of hydrogen-bond acceptors (Lipinski definition) is 4. The first kappa shape index (κ1) is 9.02. The van der Waals surface area contributed by atoms with Gasteiger partial charge < -0.3 is 9.67 Å².